The lowest BCUT2D eigenvalue weighted by molar-refractivity contribution is -0.158. The predicted octanol–water partition coefficient (Wildman–Crippen LogP) is 3.96. The van der Waals surface area contributed by atoms with Crippen molar-refractivity contribution in [1.29, 1.82) is 5.26 Å². The van der Waals surface area contributed by atoms with E-state index in [0.717, 1.165) is 5.56 Å². The van der Waals surface area contributed by atoms with Gasteiger partial charge in [0.2, 0.25) is 0 Å². The number of ether oxygens (including phenoxy) is 3. The van der Waals surface area contributed by atoms with E-state index < -0.39 is 11.6 Å². The Morgan fingerprint density at radius 1 is 1.19 bits per heavy atom. The molecule has 0 amide bonds. The van der Waals surface area contributed by atoms with E-state index in [1.807, 2.05) is 13.0 Å². The Balaban J connectivity index is 2.18. The highest BCUT2D eigenvalue weighted by atomic mass is 16.6. The van der Waals surface area contributed by atoms with Crippen LogP contribution in [0.1, 0.15) is 31.9 Å². The molecule has 0 saturated heterocycles. The maximum Gasteiger partial charge on any atom is 0.349 e. The van der Waals surface area contributed by atoms with Crippen molar-refractivity contribution < 1.29 is 19.0 Å². The summed E-state index contributed by atoms with van der Waals surface area (Å²) in [5.41, 5.74) is 6.34. The molecule has 0 atom stereocenters. The Labute approximate surface area is 153 Å². The number of benzene rings is 2. The molecule has 0 aliphatic heterocycles. The predicted molar refractivity (Wildman–Crippen MR) is 98.2 cm³/mol. The summed E-state index contributed by atoms with van der Waals surface area (Å²) in [5.74, 6) is 1.17. The Hall–Kier alpha value is -3.20. The molecule has 136 valence electrons. The Morgan fingerprint density at radius 2 is 1.92 bits per heavy atom. The monoisotopic (exact) mass is 354 g/mol. The van der Waals surface area contributed by atoms with Gasteiger partial charge in [0.05, 0.1) is 18.2 Å². The Bertz CT molecular complexity index is 853. The van der Waals surface area contributed by atoms with Gasteiger partial charge in [0.25, 0.3) is 0 Å². The van der Waals surface area contributed by atoms with Crippen molar-refractivity contribution in [3.05, 3.63) is 47.5 Å². The van der Waals surface area contributed by atoms with Crippen molar-refractivity contribution >= 4 is 11.7 Å². The minimum Gasteiger partial charge on any atom is -0.476 e. The van der Waals surface area contributed by atoms with E-state index >= 15 is 0 Å². The molecule has 0 aliphatic carbocycles. The topological polar surface area (TPSA) is 94.6 Å². The largest absolute Gasteiger partial charge is 0.476 e. The molecule has 0 radical (unpaired) electrons. The molecule has 6 heteroatoms. The molecule has 0 fully saturated rings. The SMILES string of the molecule is CCOC(=O)C(C)(C)Oc1ccc(Oc2cc(N)cc(C#N)c2)cc1C. The summed E-state index contributed by atoms with van der Waals surface area (Å²) in [6, 6.07) is 12.1. The van der Waals surface area contributed by atoms with Crippen molar-refractivity contribution in [2.24, 2.45) is 0 Å². The van der Waals surface area contributed by atoms with Crippen LogP contribution in [0.3, 0.4) is 0 Å². The minimum absolute atomic E-state index is 0.294. The fourth-order valence-corrected chi connectivity index (χ4v) is 2.30. The molecule has 0 saturated carbocycles. The molecule has 2 N–H and O–H groups in total. The van der Waals surface area contributed by atoms with Crippen LogP contribution in [0.4, 0.5) is 5.69 Å². The van der Waals surface area contributed by atoms with Crippen molar-refractivity contribution in [1.82, 2.24) is 0 Å². The van der Waals surface area contributed by atoms with E-state index in [9.17, 15) is 4.79 Å². The quantitative estimate of drug-likeness (QED) is 0.623. The van der Waals surface area contributed by atoms with Crippen LogP contribution in [-0.2, 0) is 9.53 Å². The molecule has 2 aromatic carbocycles. The lowest BCUT2D eigenvalue weighted by atomic mass is 10.1. The van der Waals surface area contributed by atoms with Crippen molar-refractivity contribution in [3.8, 4) is 23.3 Å². The first kappa shape index (κ1) is 19.1. The average Bonchev–Trinajstić information content (AvgIpc) is 2.57. The molecule has 0 aliphatic rings. The Morgan fingerprint density at radius 3 is 2.54 bits per heavy atom. The summed E-state index contributed by atoms with van der Waals surface area (Å²) < 4.78 is 16.6. The zero-order chi connectivity index (χ0) is 19.3. The number of hydrogen-bond acceptors (Lipinski definition) is 6. The summed E-state index contributed by atoms with van der Waals surface area (Å²) in [7, 11) is 0. The number of esters is 1. The second kappa shape index (κ2) is 7.79. The molecular formula is C20H22N2O4. The van der Waals surface area contributed by atoms with Crippen LogP contribution in [0, 0.1) is 18.3 Å². The number of anilines is 1. The summed E-state index contributed by atoms with van der Waals surface area (Å²) in [6.45, 7) is 7.21. The highest BCUT2D eigenvalue weighted by Gasteiger charge is 2.32. The molecule has 2 rings (SSSR count). The second-order valence-corrected chi connectivity index (χ2v) is 6.26. The van der Waals surface area contributed by atoms with Crippen molar-refractivity contribution in [2.75, 3.05) is 12.3 Å². The highest BCUT2D eigenvalue weighted by molar-refractivity contribution is 5.79. The van der Waals surface area contributed by atoms with Crippen molar-refractivity contribution in [3.63, 3.8) is 0 Å². The zero-order valence-electron chi connectivity index (χ0n) is 15.3. The van der Waals surface area contributed by atoms with Gasteiger partial charge in [0.1, 0.15) is 17.2 Å². The van der Waals surface area contributed by atoms with Gasteiger partial charge in [-0.2, -0.15) is 5.26 Å². The molecular weight excluding hydrogens is 332 g/mol. The van der Waals surface area contributed by atoms with Gasteiger partial charge >= 0.3 is 5.97 Å². The van der Waals surface area contributed by atoms with Gasteiger partial charge in [-0.15, -0.1) is 0 Å². The van der Waals surface area contributed by atoms with Crippen LogP contribution in [-0.4, -0.2) is 18.2 Å². The van der Waals surface area contributed by atoms with Gasteiger partial charge in [-0.3, -0.25) is 0 Å². The number of carbonyl (C=O) groups excluding carboxylic acids is 1. The van der Waals surface area contributed by atoms with Crippen molar-refractivity contribution in [2.45, 2.75) is 33.3 Å². The van der Waals surface area contributed by atoms with Crippen LogP contribution < -0.4 is 15.2 Å². The fourth-order valence-electron chi connectivity index (χ4n) is 2.30. The number of carbonyl (C=O) groups is 1. The molecule has 0 bridgehead atoms. The third-order valence-corrected chi connectivity index (χ3v) is 3.57. The van der Waals surface area contributed by atoms with E-state index in [4.69, 9.17) is 25.2 Å². The molecule has 2 aromatic rings. The van der Waals surface area contributed by atoms with Crippen LogP contribution in [0.2, 0.25) is 0 Å². The second-order valence-electron chi connectivity index (χ2n) is 6.26. The van der Waals surface area contributed by atoms with E-state index in [2.05, 4.69) is 0 Å². The highest BCUT2D eigenvalue weighted by Crippen LogP contribution is 2.31. The standard InChI is InChI=1S/C20H22N2O4/c1-5-24-19(23)20(3,4)26-18-7-6-16(8-13(18)2)25-17-10-14(12-21)9-15(22)11-17/h6-11H,5,22H2,1-4H3. The van der Waals surface area contributed by atoms with Gasteiger partial charge in [0.15, 0.2) is 5.60 Å². The number of rotatable bonds is 6. The maximum absolute atomic E-state index is 12.0. The van der Waals surface area contributed by atoms with Crippen LogP contribution in [0.25, 0.3) is 0 Å². The molecule has 0 aromatic heterocycles. The Kier molecular flexibility index (Phi) is 5.73. The number of nitriles is 1. The minimum atomic E-state index is -1.10. The van der Waals surface area contributed by atoms with Gasteiger partial charge in [-0.05, 0) is 63.6 Å². The lowest BCUT2D eigenvalue weighted by Gasteiger charge is -2.25. The van der Waals surface area contributed by atoms with Gasteiger partial charge < -0.3 is 19.9 Å². The average molecular weight is 354 g/mol. The van der Waals surface area contributed by atoms with E-state index in [1.54, 1.807) is 57.2 Å². The van der Waals surface area contributed by atoms with E-state index in [1.165, 1.54) is 0 Å². The van der Waals surface area contributed by atoms with Gasteiger partial charge in [-0.1, -0.05) is 0 Å². The smallest absolute Gasteiger partial charge is 0.349 e. The number of nitrogens with zero attached hydrogens (tertiary/aromatic N) is 1. The lowest BCUT2D eigenvalue weighted by Crippen LogP contribution is -2.39. The van der Waals surface area contributed by atoms with Gasteiger partial charge in [-0.25, -0.2) is 4.79 Å². The normalized spacial score (nSPS) is 10.7. The third kappa shape index (κ3) is 4.67. The number of aryl methyl sites for hydroxylation is 1. The first-order chi connectivity index (χ1) is 12.2. The fraction of sp³-hybridized carbons (Fsp3) is 0.300. The summed E-state index contributed by atoms with van der Waals surface area (Å²) in [6.07, 6.45) is 0. The van der Waals surface area contributed by atoms with Crippen LogP contribution in [0.5, 0.6) is 17.2 Å². The van der Waals surface area contributed by atoms with E-state index in [0.29, 0.717) is 35.1 Å². The molecule has 6 nitrogen and oxygen atoms in total. The molecule has 0 heterocycles. The number of nitrogen functional groups attached to an aromatic ring is 1. The summed E-state index contributed by atoms with van der Waals surface area (Å²) in [4.78, 5) is 12.0. The van der Waals surface area contributed by atoms with Crippen LogP contribution >= 0.6 is 0 Å². The first-order valence-corrected chi connectivity index (χ1v) is 8.20. The number of hydrogen-bond donors (Lipinski definition) is 1. The van der Waals surface area contributed by atoms with E-state index in [-0.39, 0.29) is 0 Å². The summed E-state index contributed by atoms with van der Waals surface area (Å²) >= 11 is 0. The summed E-state index contributed by atoms with van der Waals surface area (Å²) in [5, 5.41) is 9.01. The maximum atomic E-state index is 12.0. The van der Waals surface area contributed by atoms with Gasteiger partial charge in [0, 0.05) is 11.8 Å². The molecule has 26 heavy (non-hydrogen) atoms. The van der Waals surface area contributed by atoms with Crippen LogP contribution in [0.15, 0.2) is 36.4 Å². The third-order valence-electron chi connectivity index (χ3n) is 3.57. The first-order valence-electron chi connectivity index (χ1n) is 8.20. The molecule has 0 unspecified atom stereocenters. The zero-order valence-corrected chi connectivity index (χ0v) is 15.3. The number of nitrogens with two attached hydrogens (primary N) is 1. The molecule has 0 spiro atoms.